The summed E-state index contributed by atoms with van der Waals surface area (Å²) in [7, 11) is 0. The van der Waals surface area contributed by atoms with Crippen LogP contribution in [0.5, 0.6) is 0 Å². The van der Waals surface area contributed by atoms with E-state index in [0.29, 0.717) is 37.6 Å². The predicted octanol–water partition coefficient (Wildman–Crippen LogP) is 5.69. The molecule has 2 fully saturated rings. The van der Waals surface area contributed by atoms with Crippen molar-refractivity contribution in [2.24, 2.45) is 5.92 Å². The lowest BCUT2D eigenvalue weighted by Crippen LogP contribution is -2.56. The molecule has 0 saturated carbocycles. The highest BCUT2D eigenvalue weighted by Crippen LogP contribution is 2.37. The zero-order valence-electron chi connectivity index (χ0n) is 24.2. The van der Waals surface area contributed by atoms with Crippen molar-refractivity contribution in [1.29, 1.82) is 0 Å². The van der Waals surface area contributed by atoms with Gasteiger partial charge in [0.25, 0.3) is 5.91 Å². The van der Waals surface area contributed by atoms with Gasteiger partial charge in [-0.05, 0) is 113 Å². The van der Waals surface area contributed by atoms with Crippen LogP contribution in [-0.4, -0.2) is 74.1 Å². The van der Waals surface area contributed by atoms with Crippen molar-refractivity contribution in [2.75, 3.05) is 52.4 Å². The first-order valence-corrected chi connectivity index (χ1v) is 14.6. The molecular formula is C31H40F6N4O. The standard InChI is InChI=1S/C31H40F6N4O/c1-21-6-7-23(13-22(21)2)14-28-20-40(10-4-9-39-19-24-5-3-8-38-18-24)11-12-41(28)29(42)25-15-26(30(32,33)34)17-27(16-25)31(35,36)37/h6-7,13,15-17,24,28,38-39H,3-5,8-12,14,18-20H2,1-2H3/t24?,28-/m1/s1. The second kappa shape index (κ2) is 13.8. The number of carbonyl (C=O) groups excluding carboxylic acids is 1. The van der Waals surface area contributed by atoms with Crippen LogP contribution in [0.25, 0.3) is 0 Å². The molecular weight excluding hydrogens is 558 g/mol. The molecule has 2 heterocycles. The van der Waals surface area contributed by atoms with Crippen LogP contribution in [0.1, 0.15) is 57.4 Å². The summed E-state index contributed by atoms with van der Waals surface area (Å²) in [5.74, 6) is -0.188. The topological polar surface area (TPSA) is 47.6 Å². The first kappa shape index (κ1) is 32.3. The molecule has 42 heavy (non-hydrogen) atoms. The monoisotopic (exact) mass is 598 g/mol. The first-order valence-electron chi connectivity index (χ1n) is 14.6. The van der Waals surface area contributed by atoms with Crippen molar-refractivity contribution in [1.82, 2.24) is 20.4 Å². The summed E-state index contributed by atoms with van der Waals surface area (Å²) in [4.78, 5) is 17.3. The maximum absolute atomic E-state index is 13.6. The Morgan fingerprint density at radius 2 is 1.69 bits per heavy atom. The van der Waals surface area contributed by atoms with Gasteiger partial charge < -0.3 is 15.5 Å². The molecule has 0 spiro atoms. The molecule has 2 saturated heterocycles. The lowest BCUT2D eigenvalue weighted by Gasteiger charge is -2.42. The van der Waals surface area contributed by atoms with Gasteiger partial charge in [0.15, 0.2) is 0 Å². The molecule has 232 valence electrons. The van der Waals surface area contributed by atoms with Gasteiger partial charge in [0.05, 0.1) is 11.1 Å². The average molecular weight is 599 g/mol. The highest BCUT2D eigenvalue weighted by Gasteiger charge is 2.39. The molecule has 5 nitrogen and oxygen atoms in total. The normalized spacial score (nSPS) is 20.6. The molecule has 2 aliphatic rings. The summed E-state index contributed by atoms with van der Waals surface area (Å²) in [6.45, 7) is 9.85. The molecule has 2 aromatic carbocycles. The lowest BCUT2D eigenvalue weighted by molar-refractivity contribution is -0.143. The van der Waals surface area contributed by atoms with Gasteiger partial charge in [0.1, 0.15) is 0 Å². The fourth-order valence-corrected chi connectivity index (χ4v) is 5.84. The zero-order valence-corrected chi connectivity index (χ0v) is 24.2. The number of alkyl halides is 6. The molecule has 0 aliphatic carbocycles. The Hall–Kier alpha value is -2.63. The van der Waals surface area contributed by atoms with Crippen LogP contribution < -0.4 is 10.6 Å². The van der Waals surface area contributed by atoms with Crippen molar-refractivity contribution in [2.45, 2.75) is 57.9 Å². The van der Waals surface area contributed by atoms with Crippen molar-refractivity contribution in [3.05, 3.63) is 69.8 Å². The molecule has 1 amide bonds. The second-order valence-corrected chi connectivity index (χ2v) is 11.6. The van der Waals surface area contributed by atoms with E-state index in [-0.39, 0.29) is 12.6 Å². The largest absolute Gasteiger partial charge is 0.416 e. The molecule has 11 heteroatoms. The number of nitrogens with one attached hydrogen (secondary N) is 2. The Bertz CT molecular complexity index is 1180. The van der Waals surface area contributed by atoms with E-state index in [0.717, 1.165) is 55.8 Å². The zero-order chi connectivity index (χ0) is 30.5. The molecule has 2 aromatic rings. The van der Waals surface area contributed by atoms with E-state index in [1.54, 1.807) is 0 Å². The van der Waals surface area contributed by atoms with E-state index >= 15 is 0 Å². The van der Waals surface area contributed by atoms with Gasteiger partial charge in [-0.1, -0.05) is 18.2 Å². The minimum Gasteiger partial charge on any atom is -0.333 e. The van der Waals surface area contributed by atoms with Crippen LogP contribution in [0.4, 0.5) is 26.3 Å². The number of aryl methyl sites for hydroxylation is 2. The van der Waals surface area contributed by atoms with Gasteiger partial charge in [-0.25, -0.2) is 0 Å². The van der Waals surface area contributed by atoms with Crippen LogP contribution in [0, 0.1) is 19.8 Å². The van der Waals surface area contributed by atoms with E-state index in [1.807, 2.05) is 32.0 Å². The van der Waals surface area contributed by atoms with E-state index < -0.39 is 41.0 Å². The van der Waals surface area contributed by atoms with Crippen molar-refractivity contribution < 1.29 is 31.1 Å². The highest BCUT2D eigenvalue weighted by atomic mass is 19.4. The van der Waals surface area contributed by atoms with Crippen molar-refractivity contribution in [3.63, 3.8) is 0 Å². The number of halogens is 6. The Kier molecular flexibility index (Phi) is 10.6. The third-order valence-corrected chi connectivity index (χ3v) is 8.36. The van der Waals surface area contributed by atoms with Gasteiger partial charge >= 0.3 is 12.4 Å². The van der Waals surface area contributed by atoms with Gasteiger partial charge in [0, 0.05) is 31.2 Å². The van der Waals surface area contributed by atoms with Gasteiger partial charge in [-0.2, -0.15) is 26.3 Å². The molecule has 2 N–H and O–H groups in total. The Morgan fingerprint density at radius 3 is 2.31 bits per heavy atom. The number of hydrogen-bond acceptors (Lipinski definition) is 4. The number of piperazine rings is 1. The van der Waals surface area contributed by atoms with E-state index in [4.69, 9.17) is 0 Å². The van der Waals surface area contributed by atoms with Crippen LogP contribution >= 0.6 is 0 Å². The summed E-state index contributed by atoms with van der Waals surface area (Å²) in [6, 6.07) is 6.67. The highest BCUT2D eigenvalue weighted by molar-refractivity contribution is 5.95. The second-order valence-electron chi connectivity index (χ2n) is 11.6. The van der Waals surface area contributed by atoms with Gasteiger partial charge in [-0.15, -0.1) is 0 Å². The summed E-state index contributed by atoms with van der Waals surface area (Å²) >= 11 is 0. The molecule has 1 unspecified atom stereocenters. The Balaban J connectivity index is 1.49. The number of amides is 1. The number of piperidine rings is 1. The van der Waals surface area contributed by atoms with Crippen LogP contribution in [0.3, 0.4) is 0 Å². The minimum atomic E-state index is -5.02. The minimum absolute atomic E-state index is 0.0557. The molecule has 0 bridgehead atoms. The SMILES string of the molecule is Cc1ccc(C[C@@H]2CN(CCCNCC3CCCNC3)CCN2C(=O)c2cc(C(F)(F)F)cc(C(F)(F)F)c2)cc1C. The predicted molar refractivity (Wildman–Crippen MR) is 150 cm³/mol. The quantitative estimate of drug-likeness (QED) is 0.288. The smallest absolute Gasteiger partial charge is 0.333 e. The molecule has 0 aromatic heterocycles. The average Bonchev–Trinajstić information content (AvgIpc) is 2.94. The van der Waals surface area contributed by atoms with E-state index in [9.17, 15) is 31.1 Å². The lowest BCUT2D eigenvalue weighted by atomic mass is 9.97. The van der Waals surface area contributed by atoms with Crippen LogP contribution in [0.2, 0.25) is 0 Å². The van der Waals surface area contributed by atoms with Gasteiger partial charge in [-0.3, -0.25) is 9.69 Å². The number of rotatable bonds is 9. The van der Waals surface area contributed by atoms with Gasteiger partial charge in [0.2, 0.25) is 0 Å². The van der Waals surface area contributed by atoms with Crippen LogP contribution in [0.15, 0.2) is 36.4 Å². The third kappa shape index (κ3) is 8.70. The van der Waals surface area contributed by atoms with E-state index in [1.165, 1.54) is 17.7 Å². The number of hydrogen-bond donors (Lipinski definition) is 2. The maximum atomic E-state index is 13.6. The van der Waals surface area contributed by atoms with E-state index in [2.05, 4.69) is 15.5 Å². The van der Waals surface area contributed by atoms with Crippen molar-refractivity contribution >= 4 is 5.91 Å². The number of carbonyl (C=O) groups is 1. The summed E-state index contributed by atoms with van der Waals surface area (Å²) in [6.07, 6.45) is -6.29. The fraction of sp³-hybridized carbons (Fsp3) is 0.581. The number of nitrogens with zero attached hydrogens (tertiary/aromatic N) is 2. The third-order valence-electron chi connectivity index (χ3n) is 8.36. The van der Waals surface area contributed by atoms with Crippen LogP contribution in [-0.2, 0) is 18.8 Å². The Morgan fingerprint density at radius 1 is 0.976 bits per heavy atom. The maximum Gasteiger partial charge on any atom is 0.416 e. The first-order chi connectivity index (χ1) is 19.8. The fourth-order valence-electron chi connectivity index (χ4n) is 5.84. The molecule has 0 radical (unpaired) electrons. The number of benzene rings is 2. The molecule has 2 aliphatic heterocycles. The summed E-state index contributed by atoms with van der Waals surface area (Å²) < 4.78 is 81.0. The molecule has 2 atom stereocenters. The summed E-state index contributed by atoms with van der Waals surface area (Å²) in [5.41, 5.74) is -0.423. The summed E-state index contributed by atoms with van der Waals surface area (Å²) in [5, 5.41) is 6.94. The Labute approximate surface area is 243 Å². The van der Waals surface area contributed by atoms with Crippen molar-refractivity contribution in [3.8, 4) is 0 Å². The molecule has 4 rings (SSSR count).